The fraction of sp³-hybridized carbons (Fsp3) is 0.692. The van der Waals surface area contributed by atoms with Crippen LogP contribution in [0.2, 0.25) is 0 Å². The summed E-state index contributed by atoms with van der Waals surface area (Å²) in [7, 11) is 0. The van der Waals surface area contributed by atoms with Gasteiger partial charge < -0.3 is 5.32 Å². The smallest absolute Gasteiger partial charge is 0.312 e. The molecule has 0 radical (unpaired) electrons. The predicted octanol–water partition coefficient (Wildman–Crippen LogP) is 3.57. The highest BCUT2D eigenvalue weighted by atomic mass is 32.1. The minimum absolute atomic E-state index is 0.234. The summed E-state index contributed by atoms with van der Waals surface area (Å²) < 4.78 is 0. The van der Waals surface area contributed by atoms with Crippen molar-refractivity contribution in [2.45, 2.75) is 39.2 Å². The number of hydrogen-bond donors (Lipinski definition) is 1. The van der Waals surface area contributed by atoms with Crippen molar-refractivity contribution in [3.8, 4) is 0 Å². The molecule has 100 valence electrons. The van der Waals surface area contributed by atoms with Crippen molar-refractivity contribution in [3.05, 3.63) is 27.1 Å². The normalized spacial score (nSPS) is 24.1. The predicted molar refractivity (Wildman–Crippen MR) is 73.8 cm³/mol. The maximum Gasteiger partial charge on any atom is 0.324 e. The Morgan fingerprint density at radius 1 is 1.50 bits per heavy atom. The highest BCUT2D eigenvalue weighted by molar-refractivity contribution is 7.15. The van der Waals surface area contributed by atoms with E-state index in [0.29, 0.717) is 0 Å². The van der Waals surface area contributed by atoms with E-state index in [1.54, 1.807) is 6.07 Å². The van der Waals surface area contributed by atoms with Crippen LogP contribution >= 0.6 is 11.3 Å². The van der Waals surface area contributed by atoms with Gasteiger partial charge in [-0.1, -0.05) is 31.1 Å². The Labute approximate surface area is 112 Å². The lowest BCUT2D eigenvalue weighted by Crippen LogP contribution is -2.26. The molecular formula is C13H20N2O2S. The molecule has 2 unspecified atom stereocenters. The van der Waals surface area contributed by atoms with Crippen molar-refractivity contribution in [1.82, 2.24) is 5.32 Å². The topological polar surface area (TPSA) is 55.2 Å². The fourth-order valence-electron chi connectivity index (χ4n) is 2.70. The molecule has 1 N–H and O–H groups in total. The van der Waals surface area contributed by atoms with E-state index >= 15 is 0 Å². The lowest BCUT2D eigenvalue weighted by Gasteiger charge is -2.26. The molecule has 1 fully saturated rings. The molecule has 5 heteroatoms. The van der Waals surface area contributed by atoms with E-state index in [-0.39, 0.29) is 9.92 Å². The molecule has 0 spiro atoms. The third-order valence-electron chi connectivity index (χ3n) is 3.60. The van der Waals surface area contributed by atoms with Crippen LogP contribution in [-0.4, -0.2) is 11.5 Å². The monoisotopic (exact) mass is 268 g/mol. The second-order valence-corrected chi connectivity index (χ2v) is 6.41. The molecule has 0 saturated heterocycles. The van der Waals surface area contributed by atoms with E-state index in [2.05, 4.69) is 12.2 Å². The Balaban J connectivity index is 1.72. The van der Waals surface area contributed by atoms with Crippen LogP contribution in [0, 0.1) is 22.0 Å². The SMILES string of the molecule is CC1CCCC(CNCc2ccc([N+](=O)[O-])s2)C1. The van der Waals surface area contributed by atoms with E-state index in [4.69, 9.17) is 0 Å². The van der Waals surface area contributed by atoms with Crippen molar-refractivity contribution in [3.63, 3.8) is 0 Å². The second-order valence-electron chi connectivity index (χ2n) is 5.27. The quantitative estimate of drug-likeness (QED) is 0.656. The van der Waals surface area contributed by atoms with Gasteiger partial charge in [0.25, 0.3) is 0 Å². The third kappa shape index (κ3) is 3.78. The van der Waals surface area contributed by atoms with Crippen LogP contribution in [0.4, 0.5) is 5.00 Å². The molecule has 1 heterocycles. The molecule has 4 nitrogen and oxygen atoms in total. The molecule has 0 bridgehead atoms. The Hall–Kier alpha value is -0.940. The lowest BCUT2D eigenvalue weighted by atomic mass is 9.82. The Morgan fingerprint density at radius 3 is 3.00 bits per heavy atom. The third-order valence-corrected chi connectivity index (χ3v) is 4.64. The lowest BCUT2D eigenvalue weighted by molar-refractivity contribution is -0.380. The zero-order valence-corrected chi connectivity index (χ0v) is 11.5. The van der Waals surface area contributed by atoms with Crippen molar-refractivity contribution >= 4 is 16.3 Å². The molecule has 1 aromatic rings. The van der Waals surface area contributed by atoms with Gasteiger partial charge >= 0.3 is 5.00 Å². The van der Waals surface area contributed by atoms with E-state index in [1.807, 2.05) is 6.07 Å². The van der Waals surface area contributed by atoms with Crippen molar-refractivity contribution < 1.29 is 4.92 Å². The molecule has 1 saturated carbocycles. The van der Waals surface area contributed by atoms with Gasteiger partial charge in [0, 0.05) is 17.5 Å². The zero-order chi connectivity index (χ0) is 13.0. The molecule has 2 rings (SSSR count). The van der Waals surface area contributed by atoms with E-state index in [9.17, 15) is 10.1 Å². The standard InChI is InChI=1S/C13H20N2O2S/c1-10-3-2-4-11(7-10)8-14-9-12-5-6-13(18-12)15(16)17/h5-6,10-11,14H,2-4,7-9H2,1H3. The average molecular weight is 268 g/mol. The van der Waals surface area contributed by atoms with Crippen LogP contribution < -0.4 is 5.32 Å². The van der Waals surface area contributed by atoms with Crippen molar-refractivity contribution in [1.29, 1.82) is 0 Å². The number of rotatable bonds is 5. The molecule has 0 aliphatic heterocycles. The van der Waals surface area contributed by atoms with Gasteiger partial charge in [-0.3, -0.25) is 10.1 Å². The van der Waals surface area contributed by atoms with Gasteiger partial charge in [0.1, 0.15) is 0 Å². The van der Waals surface area contributed by atoms with E-state index < -0.39 is 0 Å². The Bertz CT molecular complexity index is 405. The van der Waals surface area contributed by atoms with Crippen LogP contribution in [0.3, 0.4) is 0 Å². The molecule has 18 heavy (non-hydrogen) atoms. The van der Waals surface area contributed by atoms with Gasteiger partial charge in [-0.25, -0.2) is 0 Å². The van der Waals surface area contributed by atoms with Crippen LogP contribution in [-0.2, 0) is 6.54 Å². The highest BCUT2D eigenvalue weighted by Gasteiger charge is 2.18. The average Bonchev–Trinajstić information content (AvgIpc) is 2.78. The Morgan fingerprint density at radius 2 is 2.33 bits per heavy atom. The maximum absolute atomic E-state index is 10.6. The molecule has 1 aliphatic rings. The number of hydrogen-bond acceptors (Lipinski definition) is 4. The van der Waals surface area contributed by atoms with Crippen molar-refractivity contribution in [2.75, 3.05) is 6.54 Å². The Kier molecular flexibility index (Phi) is 4.72. The number of nitro groups is 1. The minimum atomic E-state index is -0.322. The summed E-state index contributed by atoms with van der Waals surface area (Å²) in [5.41, 5.74) is 0. The van der Waals surface area contributed by atoms with Crippen LogP contribution in [0.1, 0.15) is 37.5 Å². The summed E-state index contributed by atoms with van der Waals surface area (Å²) in [6, 6.07) is 3.43. The summed E-state index contributed by atoms with van der Waals surface area (Å²) in [4.78, 5) is 11.3. The molecule has 1 aliphatic carbocycles. The van der Waals surface area contributed by atoms with E-state index in [0.717, 1.165) is 29.8 Å². The molecule has 1 aromatic heterocycles. The molecule has 0 amide bonds. The number of nitrogens with one attached hydrogen (secondary N) is 1. The minimum Gasteiger partial charge on any atom is -0.312 e. The van der Waals surface area contributed by atoms with Crippen LogP contribution in [0.15, 0.2) is 12.1 Å². The summed E-state index contributed by atoms with van der Waals surface area (Å²) in [6.45, 7) is 4.12. The molecule has 2 atom stereocenters. The largest absolute Gasteiger partial charge is 0.324 e. The van der Waals surface area contributed by atoms with E-state index in [1.165, 1.54) is 37.0 Å². The van der Waals surface area contributed by atoms with Gasteiger partial charge in [-0.05, 0) is 37.3 Å². The van der Waals surface area contributed by atoms with Crippen LogP contribution in [0.25, 0.3) is 0 Å². The van der Waals surface area contributed by atoms with Crippen LogP contribution in [0.5, 0.6) is 0 Å². The molecule has 0 aromatic carbocycles. The van der Waals surface area contributed by atoms with Gasteiger partial charge in [0.2, 0.25) is 0 Å². The zero-order valence-electron chi connectivity index (χ0n) is 10.7. The van der Waals surface area contributed by atoms with Gasteiger partial charge in [-0.15, -0.1) is 0 Å². The van der Waals surface area contributed by atoms with Gasteiger partial charge in [0.05, 0.1) is 4.92 Å². The van der Waals surface area contributed by atoms with Gasteiger partial charge in [0.15, 0.2) is 0 Å². The first kappa shape index (κ1) is 13.5. The van der Waals surface area contributed by atoms with Gasteiger partial charge in [-0.2, -0.15) is 0 Å². The summed E-state index contributed by atoms with van der Waals surface area (Å²) in [6.07, 6.45) is 5.35. The number of thiophene rings is 1. The maximum atomic E-state index is 10.6. The first-order valence-electron chi connectivity index (χ1n) is 6.59. The molecular weight excluding hydrogens is 248 g/mol. The first-order valence-corrected chi connectivity index (χ1v) is 7.40. The van der Waals surface area contributed by atoms with Crippen molar-refractivity contribution in [2.24, 2.45) is 11.8 Å². The summed E-state index contributed by atoms with van der Waals surface area (Å²) in [5.74, 6) is 1.64. The number of nitrogens with zero attached hydrogens (tertiary/aromatic N) is 1. The highest BCUT2D eigenvalue weighted by Crippen LogP contribution is 2.28. The summed E-state index contributed by atoms with van der Waals surface area (Å²) >= 11 is 1.27. The first-order chi connectivity index (χ1) is 8.65. The second kappa shape index (κ2) is 6.29. The fourth-order valence-corrected chi connectivity index (χ4v) is 3.49. The summed E-state index contributed by atoms with van der Waals surface area (Å²) in [5, 5.41) is 14.2.